The van der Waals surface area contributed by atoms with Crippen molar-refractivity contribution in [2.45, 2.75) is 0 Å². The molecule has 6 nitrogen and oxygen atoms in total. The number of hydrogen-bond donors (Lipinski definition) is 3. The van der Waals surface area contributed by atoms with E-state index in [1.54, 1.807) is 60.7 Å². The van der Waals surface area contributed by atoms with Crippen molar-refractivity contribution in [1.29, 1.82) is 0 Å². The molecule has 0 saturated heterocycles. The van der Waals surface area contributed by atoms with Crippen LogP contribution in [0.25, 0.3) is 0 Å². The molecular formula is C24H24Cl2N4O2. The van der Waals surface area contributed by atoms with Crippen molar-refractivity contribution in [3.05, 3.63) is 83.9 Å². The molecule has 3 rings (SSSR count). The van der Waals surface area contributed by atoms with Crippen LogP contribution >= 0.6 is 23.2 Å². The van der Waals surface area contributed by atoms with Crippen LogP contribution in [0.2, 0.25) is 0 Å². The van der Waals surface area contributed by atoms with Crippen LogP contribution in [0.3, 0.4) is 0 Å². The standard InChI is InChI=1S/C24H24Cl2N4O2/c25-13-15-30(16-14-26)20-11-7-18(8-12-20)23(31)28-19-9-5-17(6-10-19)24(32)29-22-4-2-1-3-21(22)27/h1-12H,13-16,27H2,(H,28,31)(H,29,32). The Labute approximate surface area is 197 Å². The summed E-state index contributed by atoms with van der Waals surface area (Å²) in [5.41, 5.74) is 9.41. The second kappa shape index (κ2) is 11.4. The van der Waals surface area contributed by atoms with Gasteiger partial charge < -0.3 is 21.3 Å². The Hall–Kier alpha value is -3.22. The highest BCUT2D eigenvalue weighted by molar-refractivity contribution is 6.18. The summed E-state index contributed by atoms with van der Waals surface area (Å²) in [6, 6.07) is 20.9. The van der Waals surface area contributed by atoms with Crippen LogP contribution in [0.5, 0.6) is 0 Å². The van der Waals surface area contributed by atoms with Crippen LogP contribution in [-0.2, 0) is 0 Å². The van der Waals surface area contributed by atoms with E-state index in [1.165, 1.54) is 0 Å². The van der Waals surface area contributed by atoms with Gasteiger partial charge in [0.15, 0.2) is 0 Å². The Morgan fingerprint density at radius 2 is 1.28 bits per heavy atom. The van der Waals surface area contributed by atoms with Gasteiger partial charge in [0.05, 0.1) is 11.4 Å². The van der Waals surface area contributed by atoms with E-state index in [-0.39, 0.29) is 11.8 Å². The molecule has 166 valence electrons. The molecule has 3 aromatic carbocycles. The first-order chi connectivity index (χ1) is 15.5. The molecule has 3 aromatic rings. The Kier molecular flexibility index (Phi) is 8.36. The van der Waals surface area contributed by atoms with Gasteiger partial charge in [-0.2, -0.15) is 0 Å². The van der Waals surface area contributed by atoms with Crippen molar-refractivity contribution in [2.75, 3.05) is 46.1 Å². The minimum absolute atomic E-state index is 0.243. The zero-order chi connectivity index (χ0) is 22.9. The molecule has 0 radical (unpaired) electrons. The van der Waals surface area contributed by atoms with Crippen LogP contribution in [0.1, 0.15) is 20.7 Å². The van der Waals surface area contributed by atoms with Gasteiger partial charge in [0.2, 0.25) is 0 Å². The predicted octanol–water partition coefficient (Wildman–Crippen LogP) is 5.06. The van der Waals surface area contributed by atoms with Gasteiger partial charge in [0.25, 0.3) is 11.8 Å². The molecule has 8 heteroatoms. The van der Waals surface area contributed by atoms with Crippen LogP contribution in [0.4, 0.5) is 22.7 Å². The zero-order valence-corrected chi connectivity index (χ0v) is 18.9. The molecule has 0 aliphatic heterocycles. The van der Waals surface area contributed by atoms with Crippen molar-refractivity contribution in [3.63, 3.8) is 0 Å². The largest absolute Gasteiger partial charge is 0.397 e. The number of amides is 2. The average Bonchev–Trinajstić information content (AvgIpc) is 2.81. The first-order valence-corrected chi connectivity index (χ1v) is 11.1. The van der Waals surface area contributed by atoms with E-state index >= 15 is 0 Å². The maximum absolute atomic E-state index is 12.6. The van der Waals surface area contributed by atoms with E-state index in [9.17, 15) is 9.59 Å². The monoisotopic (exact) mass is 470 g/mol. The third kappa shape index (κ3) is 6.15. The summed E-state index contributed by atoms with van der Waals surface area (Å²) >= 11 is 11.7. The topological polar surface area (TPSA) is 87.5 Å². The second-order valence-electron chi connectivity index (χ2n) is 6.98. The number of nitrogens with zero attached hydrogens (tertiary/aromatic N) is 1. The summed E-state index contributed by atoms with van der Waals surface area (Å²) in [4.78, 5) is 27.1. The van der Waals surface area contributed by atoms with Crippen molar-refractivity contribution in [1.82, 2.24) is 0 Å². The number of nitrogen functional groups attached to an aromatic ring is 1. The average molecular weight is 471 g/mol. The molecule has 0 aliphatic carbocycles. The number of carbonyl (C=O) groups excluding carboxylic acids is 2. The van der Waals surface area contributed by atoms with Gasteiger partial charge in [-0.25, -0.2) is 0 Å². The van der Waals surface area contributed by atoms with Crippen LogP contribution in [0, 0.1) is 0 Å². The summed E-state index contributed by atoms with van der Waals surface area (Å²) in [5.74, 6) is 0.458. The molecule has 32 heavy (non-hydrogen) atoms. The van der Waals surface area contributed by atoms with Gasteiger partial charge in [0, 0.05) is 47.4 Å². The summed E-state index contributed by atoms with van der Waals surface area (Å²) in [7, 11) is 0. The van der Waals surface area contributed by atoms with E-state index < -0.39 is 0 Å². The fraction of sp³-hybridized carbons (Fsp3) is 0.167. The maximum atomic E-state index is 12.6. The third-order valence-corrected chi connectivity index (χ3v) is 5.16. The smallest absolute Gasteiger partial charge is 0.255 e. The highest BCUT2D eigenvalue weighted by Gasteiger charge is 2.11. The Bertz CT molecular complexity index is 1050. The first kappa shape index (κ1) is 23.4. The van der Waals surface area contributed by atoms with Crippen molar-refractivity contribution >= 4 is 57.8 Å². The summed E-state index contributed by atoms with van der Waals surface area (Å²) in [6.45, 7) is 1.35. The molecule has 4 N–H and O–H groups in total. The fourth-order valence-corrected chi connectivity index (χ4v) is 3.52. The summed E-state index contributed by atoms with van der Waals surface area (Å²) < 4.78 is 0. The molecule has 0 atom stereocenters. The first-order valence-electron chi connectivity index (χ1n) is 10.1. The Morgan fingerprint density at radius 1 is 0.750 bits per heavy atom. The number of nitrogens with two attached hydrogens (primary N) is 1. The molecule has 0 aromatic heterocycles. The summed E-state index contributed by atoms with van der Waals surface area (Å²) in [5, 5.41) is 5.61. The minimum atomic E-state index is -0.283. The van der Waals surface area contributed by atoms with Gasteiger partial charge in [-0.15, -0.1) is 23.2 Å². The quantitative estimate of drug-likeness (QED) is 0.301. The van der Waals surface area contributed by atoms with Crippen LogP contribution in [-0.4, -0.2) is 36.7 Å². The van der Waals surface area contributed by atoms with E-state index in [2.05, 4.69) is 15.5 Å². The maximum Gasteiger partial charge on any atom is 0.255 e. The molecule has 0 fully saturated rings. The molecule has 2 amide bonds. The molecule has 0 bridgehead atoms. The third-order valence-electron chi connectivity index (χ3n) is 4.82. The highest BCUT2D eigenvalue weighted by atomic mass is 35.5. The predicted molar refractivity (Wildman–Crippen MR) is 133 cm³/mol. The van der Waals surface area contributed by atoms with Crippen molar-refractivity contribution in [3.8, 4) is 0 Å². The number of benzene rings is 3. The van der Waals surface area contributed by atoms with Gasteiger partial charge in [-0.05, 0) is 60.7 Å². The number of carbonyl (C=O) groups is 2. The molecular weight excluding hydrogens is 447 g/mol. The van der Waals surface area contributed by atoms with Crippen molar-refractivity contribution in [2.24, 2.45) is 0 Å². The zero-order valence-electron chi connectivity index (χ0n) is 17.4. The van der Waals surface area contributed by atoms with Gasteiger partial charge >= 0.3 is 0 Å². The lowest BCUT2D eigenvalue weighted by Gasteiger charge is -2.22. The fourth-order valence-electron chi connectivity index (χ4n) is 3.11. The molecule has 0 unspecified atom stereocenters. The van der Waals surface area contributed by atoms with E-state index in [0.717, 1.165) is 5.69 Å². The number of para-hydroxylation sites is 2. The lowest BCUT2D eigenvalue weighted by atomic mass is 10.1. The minimum Gasteiger partial charge on any atom is -0.397 e. The van der Waals surface area contributed by atoms with E-state index in [4.69, 9.17) is 28.9 Å². The van der Waals surface area contributed by atoms with Gasteiger partial charge in [-0.3, -0.25) is 9.59 Å². The number of anilines is 4. The Balaban J connectivity index is 1.62. The SMILES string of the molecule is Nc1ccccc1NC(=O)c1ccc(NC(=O)c2ccc(N(CCCl)CCCl)cc2)cc1. The van der Waals surface area contributed by atoms with E-state index in [0.29, 0.717) is 53.0 Å². The normalized spacial score (nSPS) is 10.4. The molecule has 0 saturated carbocycles. The highest BCUT2D eigenvalue weighted by Crippen LogP contribution is 2.20. The van der Waals surface area contributed by atoms with Gasteiger partial charge in [0.1, 0.15) is 0 Å². The molecule has 0 spiro atoms. The van der Waals surface area contributed by atoms with Crippen LogP contribution in [0.15, 0.2) is 72.8 Å². The second-order valence-corrected chi connectivity index (χ2v) is 7.74. The van der Waals surface area contributed by atoms with Crippen LogP contribution < -0.4 is 21.3 Å². The number of alkyl halides is 2. The Morgan fingerprint density at radius 3 is 1.84 bits per heavy atom. The number of nitrogens with one attached hydrogen (secondary N) is 2. The molecule has 0 heterocycles. The summed E-state index contributed by atoms with van der Waals surface area (Å²) in [6.07, 6.45) is 0. The number of halogens is 2. The molecule has 0 aliphatic rings. The van der Waals surface area contributed by atoms with Crippen molar-refractivity contribution < 1.29 is 9.59 Å². The lowest BCUT2D eigenvalue weighted by Crippen LogP contribution is -2.27. The lowest BCUT2D eigenvalue weighted by molar-refractivity contribution is 0.102. The van der Waals surface area contributed by atoms with E-state index in [1.807, 2.05) is 12.1 Å². The van der Waals surface area contributed by atoms with Gasteiger partial charge in [-0.1, -0.05) is 12.1 Å². The number of rotatable bonds is 9. The number of hydrogen-bond acceptors (Lipinski definition) is 4.